The zero-order valence-corrected chi connectivity index (χ0v) is 18.6. The second kappa shape index (κ2) is 10.1. The van der Waals surface area contributed by atoms with Gasteiger partial charge in [0.05, 0.1) is 11.6 Å². The van der Waals surface area contributed by atoms with Crippen LogP contribution in [0, 0.1) is 11.3 Å². The van der Waals surface area contributed by atoms with Crippen molar-refractivity contribution in [1.82, 2.24) is 9.47 Å². The van der Waals surface area contributed by atoms with Crippen molar-refractivity contribution in [2.75, 3.05) is 38.1 Å². The average Bonchev–Trinajstić information content (AvgIpc) is 3.15. The van der Waals surface area contributed by atoms with Crippen LogP contribution in [0.15, 0.2) is 66.3 Å². The first kappa shape index (κ1) is 21.7. The van der Waals surface area contributed by atoms with Crippen LogP contribution < -0.4 is 4.90 Å². The molecular weight excluding hydrogens is 368 g/mol. The molecule has 1 aliphatic heterocycles. The van der Waals surface area contributed by atoms with Gasteiger partial charge in [-0.3, -0.25) is 0 Å². The van der Waals surface area contributed by atoms with Crippen molar-refractivity contribution in [3.63, 3.8) is 0 Å². The molecule has 0 amide bonds. The normalized spacial score (nSPS) is 16.3. The molecule has 3 rings (SSSR count). The lowest BCUT2D eigenvalue weighted by Gasteiger charge is -2.34. The number of piperazine rings is 1. The van der Waals surface area contributed by atoms with Crippen LogP contribution >= 0.6 is 0 Å². The predicted octanol–water partition coefficient (Wildman–Crippen LogP) is 5.26. The number of allylic oxidation sites excluding steroid dienone is 6. The van der Waals surface area contributed by atoms with Gasteiger partial charge in [0.15, 0.2) is 0 Å². The SMILES string of the molecule is C\C=C/C(=C(C#N)\C=C\CC)c1ccc(-c2ccc(N3CCN(C)CC3)cc2)n1C. The van der Waals surface area contributed by atoms with E-state index in [1.54, 1.807) is 0 Å². The third-order valence-electron chi connectivity index (χ3n) is 5.69. The fraction of sp³-hybridized carbons (Fsp3) is 0.346. The van der Waals surface area contributed by atoms with E-state index in [4.69, 9.17) is 0 Å². The number of likely N-dealkylation sites (N-methyl/N-ethyl adjacent to an activating group) is 1. The van der Waals surface area contributed by atoms with Crippen LogP contribution in [0.4, 0.5) is 5.69 Å². The fourth-order valence-corrected chi connectivity index (χ4v) is 3.88. The molecule has 0 bridgehead atoms. The minimum absolute atomic E-state index is 0.688. The van der Waals surface area contributed by atoms with Crippen molar-refractivity contribution >= 4 is 11.3 Å². The van der Waals surface area contributed by atoms with Crippen LogP contribution in [-0.4, -0.2) is 42.7 Å². The van der Waals surface area contributed by atoms with Crippen molar-refractivity contribution in [1.29, 1.82) is 5.26 Å². The second-order valence-corrected chi connectivity index (χ2v) is 7.75. The molecule has 0 unspecified atom stereocenters. The van der Waals surface area contributed by atoms with Crippen LogP contribution in [0.25, 0.3) is 16.8 Å². The van der Waals surface area contributed by atoms with E-state index in [1.807, 2.05) is 31.2 Å². The molecule has 0 spiro atoms. The van der Waals surface area contributed by atoms with Gasteiger partial charge in [-0.1, -0.05) is 37.3 Å². The first-order valence-corrected chi connectivity index (χ1v) is 10.7. The third kappa shape index (κ3) is 4.75. The van der Waals surface area contributed by atoms with Crippen LogP contribution in [0.3, 0.4) is 0 Å². The van der Waals surface area contributed by atoms with Gasteiger partial charge in [-0.2, -0.15) is 5.26 Å². The fourth-order valence-electron chi connectivity index (χ4n) is 3.88. The Balaban J connectivity index is 1.91. The molecule has 1 aromatic heterocycles. The lowest BCUT2D eigenvalue weighted by molar-refractivity contribution is 0.313. The van der Waals surface area contributed by atoms with E-state index in [2.05, 4.69) is 77.9 Å². The summed E-state index contributed by atoms with van der Waals surface area (Å²) >= 11 is 0. The highest BCUT2D eigenvalue weighted by atomic mass is 15.2. The van der Waals surface area contributed by atoms with E-state index >= 15 is 0 Å². The van der Waals surface area contributed by atoms with Gasteiger partial charge in [0.2, 0.25) is 0 Å². The smallest absolute Gasteiger partial charge is 0.0998 e. The maximum absolute atomic E-state index is 9.69. The summed E-state index contributed by atoms with van der Waals surface area (Å²) in [6.45, 7) is 8.42. The quantitative estimate of drug-likeness (QED) is 0.490. The van der Waals surface area contributed by atoms with E-state index in [0.29, 0.717) is 5.57 Å². The summed E-state index contributed by atoms with van der Waals surface area (Å²) in [4.78, 5) is 4.82. The Morgan fingerprint density at radius 2 is 1.70 bits per heavy atom. The molecule has 0 radical (unpaired) electrons. The van der Waals surface area contributed by atoms with Gasteiger partial charge in [-0.25, -0.2) is 0 Å². The molecule has 30 heavy (non-hydrogen) atoms. The van der Waals surface area contributed by atoms with E-state index in [0.717, 1.165) is 49.6 Å². The molecule has 0 aliphatic carbocycles. The van der Waals surface area contributed by atoms with E-state index in [9.17, 15) is 5.26 Å². The van der Waals surface area contributed by atoms with Crippen molar-refractivity contribution in [3.8, 4) is 17.3 Å². The van der Waals surface area contributed by atoms with Gasteiger partial charge in [0, 0.05) is 55.9 Å². The average molecular weight is 401 g/mol. The number of rotatable bonds is 6. The second-order valence-electron chi connectivity index (χ2n) is 7.75. The number of aromatic nitrogens is 1. The maximum atomic E-state index is 9.69. The first-order valence-electron chi connectivity index (χ1n) is 10.7. The molecule has 4 heteroatoms. The summed E-state index contributed by atoms with van der Waals surface area (Å²) in [5, 5.41) is 9.69. The zero-order valence-electron chi connectivity index (χ0n) is 18.6. The highest BCUT2D eigenvalue weighted by molar-refractivity contribution is 5.81. The Labute approximate surface area is 181 Å². The molecule has 0 saturated carbocycles. The number of benzene rings is 1. The standard InChI is InChI=1S/C26H32N4/c1-5-7-9-22(20-27)24(8-6-2)26-15-14-25(29(26)4)21-10-12-23(13-11-21)30-18-16-28(3)17-19-30/h6-15H,5,16-19H2,1-4H3/b8-6-,9-7+,24-22-. The number of anilines is 1. The van der Waals surface area contributed by atoms with Gasteiger partial charge in [0.1, 0.15) is 0 Å². The largest absolute Gasteiger partial charge is 0.369 e. The molecule has 156 valence electrons. The monoisotopic (exact) mass is 400 g/mol. The van der Waals surface area contributed by atoms with Crippen molar-refractivity contribution in [2.45, 2.75) is 20.3 Å². The highest BCUT2D eigenvalue weighted by Gasteiger charge is 2.15. The summed E-state index contributed by atoms with van der Waals surface area (Å²) in [6.07, 6.45) is 8.88. The molecular formula is C26H32N4. The van der Waals surface area contributed by atoms with Gasteiger partial charge >= 0.3 is 0 Å². The molecule has 1 saturated heterocycles. The lowest BCUT2D eigenvalue weighted by Crippen LogP contribution is -2.44. The van der Waals surface area contributed by atoms with Crippen LogP contribution in [-0.2, 0) is 7.05 Å². The molecule has 1 fully saturated rings. The van der Waals surface area contributed by atoms with Crippen molar-refractivity contribution < 1.29 is 0 Å². The predicted molar refractivity (Wildman–Crippen MR) is 127 cm³/mol. The van der Waals surface area contributed by atoms with Gasteiger partial charge in [-0.05, 0) is 56.3 Å². The van der Waals surface area contributed by atoms with Gasteiger partial charge in [-0.15, -0.1) is 0 Å². The Bertz CT molecular complexity index is 975. The minimum atomic E-state index is 0.688. The van der Waals surface area contributed by atoms with Crippen LogP contribution in [0.5, 0.6) is 0 Å². The lowest BCUT2D eigenvalue weighted by atomic mass is 10.0. The summed E-state index contributed by atoms with van der Waals surface area (Å²) < 4.78 is 2.18. The van der Waals surface area contributed by atoms with E-state index in [1.165, 1.54) is 11.3 Å². The number of nitrogens with zero attached hydrogens (tertiary/aromatic N) is 4. The number of hydrogen-bond donors (Lipinski definition) is 0. The minimum Gasteiger partial charge on any atom is -0.369 e. The Hall–Kier alpha value is -3.03. The summed E-state index contributed by atoms with van der Waals surface area (Å²) in [5.74, 6) is 0. The topological polar surface area (TPSA) is 35.2 Å². The van der Waals surface area contributed by atoms with E-state index < -0.39 is 0 Å². The molecule has 1 aliphatic rings. The molecule has 4 nitrogen and oxygen atoms in total. The highest BCUT2D eigenvalue weighted by Crippen LogP contribution is 2.29. The zero-order chi connectivity index (χ0) is 21.5. The molecule has 2 aromatic rings. The van der Waals surface area contributed by atoms with Gasteiger partial charge < -0.3 is 14.4 Å². The number of nitriles is 1. The molecule has 0 N–H and O–H groups in total. The number of hydrogen-bond acceptors (Lipinski definition) is 3. The third-order valence-corrected chi connectivity index (χ3v) is 5.69. The maximum Gasteiger partial charge on any atom is 0.0998 e. The summed E-state index contributed by atoms with van der Waals surface area (Å²) in [6, 6.07) is 15.5. The van der Waals surface area contributed by atoms with Crippen molar-refractivity contribution in [2.24, 2.45) is 7.05 Å². The summed E-state index contributed by atoms with van der Waals surface area (Å²) in [7, 11) is 4.25. The molecule has 0 atom stereocenters. The Kier molecular flexibility index (Phi) is 7.32. The first-order chi connectivity index (χ1) is 14.6. The van der Waals surface area contributed by atoms with Crippen molar-refractivity contribution in [3.05, 3.63) is 72.0 Å². The van der Waals surface area contributed by atoms with Crippen LogP contribution in [0.2, 0.25) is 0 Å². The van der Waals surface area contributed by atoms with Gasteiger partial charge in [0.25, 0.3) is 0 Å². The summed E-state index contributed by atoms with van der Waals surface area (Å²) in [5.41, 5.74) is 6.30. The molecule has 2 heterocycles. The van der Waals surface area contributed by atoms with Crippen LogP contribution in [0.1, 0.15) is 26.0 Å². The Morgan fingerprint density at radius 1 is 1.00 bits per heavy atom. The Morgan fingerprint density at radius 3 is 2.30 bits per heavy atom. The molecule has 1 aromatic carbocycles. The van der Waals surface area contributed by atoms with E-state index in [-0.39, 0.29) is 0 Å².